The number of hydrogen-bond acceptors (Lipinski definition) is 6. The van der Waals surface area contributed by atoms with E-state index in [4.69, 9.17) is 0 Å². The van der Waals surface area contributed by atoms with Crippen LogP contribution in [-0.2, 0) is 16.2 Å². The molecule has 2 aromatic carbocycles. The number of azo groups is 1. The number of anilines is 1. The van der Waals surface area contributed by atoms with E-state index in [9.17, 15) is 21.6 Å². The maximum Gasteiger partial charge on any atom is 0.451 e. The van der Waals surface area contributed by atoms with Gasteiger partial charge in [0.25, 0.3) is 0 Å². The van der Waals surface area contributed by atoms with Gasteiger partial charge in [0, 0.05) is 5.39 Å². The molecule has 0 spiro atoms. The van der Waals surface area contributed by atoms with Crippen molar-refractivity contribution in [3.8, 4) is 0 Å². The lowest BCUT2D eigenvalue weighted by molar-refractivity contribution is -0.144. The van der Waals surface area contributed by atoms with Crippen molar-refractivity contribution in [3.63, 3.8) is 0 Å². The van der Waals surface area contributed by atoms with E-state index in [0.29, 0.717) is 0 Å². The van der Waals surface area contributed by atoms with E-state index < -0.39 is 22.0 Å². The summed E-state index contributed by atoms with van der Waals surface area (Å²) in [6, 6.07) is 10.9. The number of para-hydroxylation sites is 1. The van der Waals surface area contributed by atoms with Crippen molar-refractivity contribution in [1.29, 1.82) is 0 Å². The molecule has 0 aliphatic rings. The van der Waals surface area contributed by atoms with Crippen molar-refractivity contribution in [2.45, 2.75) is 20.0 Å². The first-order valence-corrected chi connectivity index (χ1v) is 10.1. The predicted octanol–water partition coefficient (Wildman–Crippen LogP) is 5.13. The van der Waals surface area contributed by atoms with Crippen LogP contribution in [0.5, 0.6) is 0 Å². The molecule has 1 aromatic heterocycles. The third-order valence-electron chi connectivity index (χ3n) is 3.89. The Balaban J connectivity index is 2.10. The average Bonchev–Trinajstić information content (AvgIpc) is 2.66. The van der Waals surface area contributed by atoms with Crippen molar-refractivity contribution in [1.82, 2.24) is 9.97 Å². The van der Waals surface area contributed by atoms with Crippen LogP contribution in [-0.4, -0.2) is 24.1 Å². The molecule has 3 aromatic rings. The molecule has 0 aliphatic carbocycles. The van der Waals surface area contributed by atoms with Gasteiger partial charge in [0.05, 0.1) is 17.0 Å². The average molecular weight is 423 g/mol. The minimum Gasteiger partial charge on any atom is -0.281 e. The van der Waals surface area contributed by atoms with Gasteiger partial charge < -0.3 is 0 Å². The Kier molecular flexibility index (Phi) is 5.51. The number of alkyl halides is 3. The van der Waals surface area contributed by atoms with Crippen molar-refractivity contribution in [2.24, 2.45) is 10.2 Å². The molecule has 0 saturated heterocycles. The second-order valence-corrected chi connectivity index (χ2v) is 8.12. The van der Waals surface area contributed by atoms with Gasteiger partial charge in [0.1, 0.15) is 5.69 Å². The summed E-state index contributed by atoms with van der Waals surface area (Å²) in [5.74, 6) is -1.75. The summed E-state index contributed by atoms with van der Waals surface area (Å²) in [4.78, 5) is 7.01. The lowest BCUT2D eigenvalue weighted by Gasteiger charge is -2.10. The lowest BCUT2D eigenvalue weighted by Crippen LogP contribution is -2.14. The number of aryl methyl sites for hydroxylation is 1. The molecule has 0 aliphatic heterocycles. The van der Waals surface area contributed by atoms with Crippen LogP contribution >= 0.6 is 0 Å². The molecule has 3 rings (SSSR count). The minimum absolute atomic E-state index is 0.0691. The van der Waals surface area contributed by atoms with Gasteiger partial charge >= 0.3 is 6.18 Å². The third kappa shape index (κ3) is 4.86. The standard InChI is InChI=1S/C18H16F3N5O2S/c1-3-29(27,28)26-15-10-11(2)8-9-14(15)24-25-16-12-6-4-5-7-13(12)22-17(23-16)18(19,20)21/h4-10,26H,3H2,1-2H3. The Hall–Kier alpha value is -3.08. The van der Waals surface area contributed by atoms with E-state index in [0.717, 1.165) is 5.56 Å². The van der Waals surface area contributed by atoms with Crippen LogP contribution in [0.2, 0.25) is 0 Å². The second-order valence-electron chi connectivity index (χ2n) is 6.11. The van der Waals surface area contributed by atoms with Gasteiger partial charge in [-0.05, 0) is 43.7 Å². The zero-order chi connectivity index (χ0) is 21.2. The first-order valence-electron chi connectivity index (χ1n) is 8.46. The number of nitrogens with one attached hydrogen (secondary N) is 1. The predicted molar refractivity (Wildman–Crippen MR) is 103 cm³/mol. The molecule has 29 heavy (non-hydrogen) atoms. The summed E-state index contributed by atoms with van der Waals surface area (Å²) in [5, 5.41) is 8.10. The maximum absolute atomic E-state index is 13.1. The highest BCUT2D eigenvalue weighted by Crippen LogP contribution is 2.33. The smallest absolute Gasteiger partial charge is 0.281 e. The molecule has 0 amide bonds. The van der Waals surface area contributed by atoms with E-state index >= 15 is 0 Å². The zero-order valence-electron chi connectivity index (χ0n) is 15.4. The van der Waals surface area contributed by atoms with Gasteiger partial charge in [-0.3, -0.25) is 4.72 Å². The van der Waals surface area contributed by atoms with E-state index in [1.54, 1.807) is 31.2 Å². The Morgan fingerprint density at radius 3 is 2.48 bits per heavy atom. The van der Waals surface area contributed by atoms with Crippen molar-refractivity contribution >= 4 is 38.1 Å². The molecule has 0 unspecified atom stereocenters. The Bertz CT molecular complexity index is 1190. The Morgan fingerprint density at radius 2 is 1.79 bits per heavy atom. The molecule has 1 heterocycles. The summed E-state index contributed by atoms with van der Waals surface area (Å²) >= 11 is 0. The number of sulfonamides is 1. The fraction of sp³-hybridized carbons (Fsp3) is 0.222. The second kappa shape index (κ2) is 7.74. The number of rotatable bonds is 5. The molecule has 0 saturated carbocycles. The van der Waals surface area contributed by atoms with Crippen molar-refractivity contribution in [3.05, 3.63) is 53.9 Å². The van der Waals surface area contributed by atoms with Crippen LogP contribution in [0.4, 0.5) is 30.4 Å². The molecule has 11 heteroatoms. The van der Waals surface area contributed by atoms with E-state index in [1.165, 1.54) is 25.1 Å². The van der Waals surface area contributed by atoms with E-state index in [-0.39, 0.29) is 33.8 Å². The number of hydrogen-bond donors (Lipinski definition) is 1. The number of nitrogens with zero attached hydrogens (tertiary/aromatic N) is 4. The normalized spacial score (nSPS) is 12.6. The highest BCUT2D eigenvalue weighted by Gasteiger charge is 2.35. The summed E-state index contributed by atoms with van der Waals surface area (Å²) < 4.78 is 65.6. The number of halogens is 3. The summed E-state index contributed by atoms with van der Waals surface area (Å²) in [5.41, 5.74) is 1.15. The maximum atomic E-state index is 13.1. The SMILES string of the molecule is CCS(=O)(=O)Nc1cc(C)ccc1N=Nc1nc(C(F)(F)F)nc2ccccc12. The van der Waals surface area contributed by atoms with Gasteiger partial charge in [-0.1, -0.05) is 18.2 Å². The quantitative estimate of drug-likeness (QED) is 0.575. The third-order valence-corrected chi connectivity index (χ3v) is 5.18. The molecule has 0 atom stereocenters. The van der Waals surface area contributed by atoms with Gasteiger partial charge in [-0.15, -0.1) is 10.2 Å². The largest absolute Gasteiger partial charge is 0.451 e. The number of benzene rings is 2. The molecular formula is C18H16F3N5O2S. The first kappa shape index (κ1) is 20.6. The van der Waals surface area contributed by atoms with Gasteiger partial charge in [-0.25, -0.2) is 18.4 Å². The van der Waals surface area contributed by atoms with Crippen LogP contribution in [0, 0.1) is 6.92 Å². The van der Waals surface area contributed by atoms with E-state index in [1.807, 2.05) is 0 Å². The monoisotopic (exact) mass is 423 g/mol. The zero-order valence-corrected chi connectivity index (χ0v) is 16.2. The van der Waals surface area contributed by atoms with Crippen LogP contribution in [0.15, 0.2) is 52.7 Å². The topological polar surface area (TPSA) is 96.7 Å². The number of fused-ring (bicyclic) bond motifs is 1. The van der Waals surface area contributed by atoms with Crippen LogP contribution in [0.1, 0.15) is 18.3 Å². The summed E-state index contributed by atoms with van der Waals surface area (Å²) in [6.07, 6.45) is -4.75. The summed E-state index contributed by atoms with van der Waals surface area (Å²) in [7, 11) is -3.58. The highest BCUT2D eigenvalue weighted by molar-refractivity contribution is 7.92. The molecule has 0 bridgehead atoms. The molecule has 1 N–H and O–H groups in total. The fourth-order valence-electron chi connectivity index (χ4n) is 2.42. The Labute approximate surface area is 164 Å². The number of aromatic nitrogens is 2. The fourth-order valence-corrected chi connectivity index (χ4v) is 3.07. The van der Waals surface area contributed by atoms with Crippen LogP contribution < -0.4 is 4.72 Å². The highest BCUT2D eigenvalue weighted by atomic mass is 32.2. The van der Waals surface area contributed by atoms with Gasteiger partial charge in [0.2, 0.25) is 15.8 Å². The first-order chi connectivity index (χ1) is 13.6. The molecule has 0 fully saturated rings. The minimum atomic E-state index is -4.75. The molecule has 152 valence electrons. The molecule has 0 radical (unpaired) electrons. The van der Waals surface area contributed by atoms with Gasteiger partial charge in [-0.2, -0.15) is 13.2 Å². The van der Waals surface area contributed by atoms with E-state index in [2.05, 4.69) is 24.9 Å². The summed E-state index contributed by atoms with van der Waals surface area (Å²) in [6.45, 7) is 3.24. The van der Waals surface area contributed by atoms with Gasteiger partial charge in [0.15, 0.2) is 5.82 Å². The van der Waals surface area contributed by atoms with Crippen LogP contribution in [0.25, 0.3) is 10.9 Å². The van der Waals surface area contributed by atoms with Crippen molar-refractivity contribution in [2.75, 3.05) is 10.5 Å². The van der Waals surface area contributed by atoms with Crippen LogP contribution in [0.3, 0.4) is 0 Å². The van der Waals surface area contributed by atoms with Crippen molar-refractivity contribution < 1.29 is 21.6 Å². The molecular weight excluding hydrogens is 407 g/mol. The molecule has 7 nitrogen and oxygen atoms in total. The Morgan fingerprint density at radius 1 is 1.07 bits per heavy atom. The lowest BCUT2D eigenvalue weighted by atomic mass is 10.2.